The smallest absolute Gasteiger partial charge is 0.0622 e. The highest BCUT2D eigenvalue weighted by Crippen LogP contribution is 2.66. The summed E-state index contributed by atoms with van der Waals surface area (Å²) in [5.41, 5.74) is 15.3. The third kappa shape index (κ3) is 3.97. The third-order valence-corrected chi connectivity index (χ3v) is 13.2. The first kappa shape index (κ1) is 31.0. The second kappa shape index (κ2) is 11.4. The van der Waals surface area contributed by atoms with Crippen LogP contribution in [0.3, 0.4) is 0 Å². The first-order valence-corrected chi connectivity index (χ1v) is 20.0. The lowest BCUT2D eigenvalue weighted by molar-refractivity contribution is 0.802. The summed E-state index contributed by atoms with van der Waals surface area (Å²) >= 11 is 0. The van der Waals surface area contributed by atoms with Crippen LogP contribution in [0.15, 0.2) is 206 Å². The summed E-state index contributed by atoms with van der Waals surface area (Å²) in [6, 6.07) is 77.7. The summed E-state index contributed by atoms with van der Waals surface area (Å²) in [5.74, 6) is 0. The van der Waals surface area contributed by atoms with Crippen LogP contribution in [-0.4, -0.2) is 0 Å². The maximum Gasteiger partial charge on any atom is 0.0732 e. The second-order valence-corrected chi connectivity index (χ2v) is 15.8. The van der Waals surface area contributed by atoms with E-state index in [1.165, 1.54) is 121 Å². The van der Waals surface area contributed by atoms with E-state index < -0.39 is 5.41 Å². The number of hydrogen-bond acceptors (Lipinski definition) is 0. The van der Waals surface area contributed by atoms with Crippen molar-refractivity contribution in [2.75, 3.05) is 0 Å². The summed E-state index contributed by atoms with van der Waals surface area (Å²) in [4.78, 5) is 0. The lowest BCUT2D eigenvalue weighted by atomic mass is 9.68. The van der Waals surface area contributed by atoms with Crippen LogP contribution in [0.2, 0.25) is 0 Å². The highest BCUT2D eigenvalue weighted by molar-refractivity contribution is 6.30. The minimum atomic E-state index is -0.526. The van der Waals surface area contributed by atoms with Crippen LogP contribution >= 0.6 is 0 Å². The van der Waals surface area contributed by atoms with Gasteiger partial charge in [0.05, 0.1) is 5.41 Å². The van der Waals surface area contributed by atoms with Gasteiger partial charge in [0, 0.05) is 0 Å². The lowest BCUT2D eigenvalue weighted by Crippen LogP contribution is -2.26. The summed E-state index contributed by atoms with van der Waals surface area (Å²) in [5, 5.41) is 12.9. The van der Waals surface area contributed by atoms with Crippen LogP contribution in [0.5, 0.6) is 0 Å². The molecule has 0 heterocycles. The molecule has 11 aromatic rings. The predicted octanol–water partition coefficient (Wildman–Crippen LogP) is 15.1. The van der Waals surface area contributed by atoms with Gasteiger partial charge in [-0.25, -0.2) is 0 Å². The number of rotatable bonds is 2. The van der Waals surface area contributed by atoms with E-state index >= 15 is 0 Å². The molecule has 1 unspecified atom stereocenters. The van der Waals surface area contributed by atoms with Gasteiger partial charge in [0.1, 0.15) is 0 Å². The molecule has 0 aromatic heterocycles. The molecule has 0 bridgehead atoms. The summed E-state index contributed by atoms with van der Waals surface area (Å²) in [7, 11) is 0. The van der Waals surface area contributed by atoms with Crippen molar-refractivity contribution in [2.45, 2.75) is 5.41 Å². The van der Waals surface area contributed by atoms with Crippen LogP contribution in [0.25, 0.3) is 98.4 Å². The molecule has 13 rings (SSSR count). The van der Waals surface area contributed by atoms with Crippen LogP contribution in [-0.2, 0) is 5.41 Å². The molecule has 57 heavy (non-hydrogen) atoms. The van der Waals surface area contributed by atoms with Crippen molar-refractivity contribution < 1.29 is 0 Å². The Kier molecular flexibility index (Phi) is 6.19. The second-order valence-electron chi connectivity index (χ2n) is 15.8. The van der Waals surface area contributed by atoms with Crippen molar-refractivity contribution in [1.29, 1.82) is 0 Å². The van der Waals surface area contributed by atoms with Crippen molar-refractivity contribution in [2.24, 2.45) is 0 Å². The van der Waals surface area contributed by atoms with Crippen molar-refractivity contribution >= 4 is 53.9 Å². The van der Waals surface area contributed by atoms with Gasteiger partial charge in [-0.3, -0.25) is 0 Å². The normalized spacial score (nSPS) is 15.1. The van der Waals surface area contributed by atoms with Gasteiger partial charge in [-0.05, 0) is 139 Å². The zero-order chi connectivity index (χ0) is 37.2. The van der Waals surface area contributed by atoms with Crippen LogP contribution < -0.4 is 0 Å². The van der Waals surface area contributed by atoms with Crippen LogP contribution in [0, 0.1) is 0 Å². The Balaban J connectivity index is 1.27. The molecule has 0 radical (unpaired) electrons. The van der Waals surface area contributed by atoms with E-state index in [9.17, 15) is 0 Å². The minimum absolute atomic E-state index is 0.526. The maximum absolute atomic E-state index is 2.55. The topological polar surface area (TPSA) is 0 Å². The fraction of sp³-hybridized carbons (Fsp3) is 0.0175. The molecule has 1 spiro atoms. The molecular weight excluding hydrogens is 685 g/mol. The highest BCUT2D eigenvalue weighted by atomic mass is 14.5. The molecule has 0 nitrogen and oxygen atoms in total. The molecule has 1 atom stereocenters. The molecule has 0 heteroatoms. The first-order chi connectivity index (χ1) is 28.3. The van der Waals surface area contributed by atoms with Crippen LogP contribution in [0.4, 0.5) is 0 Å². The van der Waals surface area contributed by atoms with Gasteiger partial charge < -0.3 is 0 Å². The Morgan fingerprint density at radius 3 is 1.54 bits per heavy atom. The third-order valence-electron chi connectivity index (χ3n) is 13.2. The Bertz CT molecular complexity index is 3460. The minimum Gasteiger partial charge on any atom is -0.0622 e. The fourth-order valence-corrected chi connectivity index (χ4v) is 11.0. The van der Waals surface area contributed by atoms with Gasteiger partial charge >= 0.3 is 0 Å². The summed E-state index contributed by atoms with van der Waals surface area (Å²) in [6.07, 6.45) is 0. The Morgan fingerprint density at radius 2 is 0.807 bits per heavy atom. The highest BCUT2D eigenvalue weighted by Gasteiger charge is 2.53. The number of fused-ring (bicyclic) bond motifs is 19. The Labute approximate surface area is 330 Å². The maximum atomic E-state index is 2.55. The number of benzene rings is 11. The van der Waals surface area contributed by atoms with E-state index in [1.807, 2.05) is 0 Å². The molecule has 0 saturated carbocycles. The van der Waals surface area contributed by atoms with E-state index in [0.717, 1.165) is 0 Å². The van der Waals surface area contributed by atoms with Crippen molar-refractivity contribution in [3.63, 3.8) is 0 Å². The summed E-state index contributed by atoms with van der Waals surface area (Å²) < 4.78 is 0. The molecule has 2 aliphatic carbocycles. The van der Waals surface area contributed by atoms with Gasteiger partial charge in [0.2, 0.25) is 0 Å². The average molecular weight is 719 g/mol. The molecule has 0 saturated heterocycles. The molecule has 11 aromatic carbocycles. The zero-order valence-corrected chi connectivity index (χ0v) is 31.1. The first-order valence-electron chi connectivity index (χ1n) is 20.0. The largest absolute Gasteiger partial charge is 0.0732 e. The monoisotopic (exact) mass is 718 g/mol. The lowest BCUT2D eigenvalue weighted by Gasteiger charge is -2.32. The van der Waals surface area contributed by atoms with Crippen molar-refractivity contribution in [3.05, 3.63) is 229 Å². The predicted molar refractivity (Wildman–Crippen MR) is 241 cm³/mol. The Hall–Kier alpha value is -7.28. The van der Waals surface area contributed by atoms with Gasteiger partial charge in [0.15, 0.2) is 0 Å². The SMILES string of the molecule is c1ccc(-c2ccc3c(c2)C2(c4ccccc4-3)c3ccccc3-c3c2c2c4ccccc4c(-c4c5ccccc5cc5ccccc45)cc2c2ccccc32)cc1. The van der Waals surface area contributed by atoms with E-state index in [0.29, 0.717) is 0 Å². The molecule has 2 aliphatic rings. The molecule has 262 valence electrons. The Morgan fingerprint density at radius 1 is 0.263 bits per heavy atom. The molecule has 0 N–H and O–H groups in total. The van der Waals surface area contributed by atoms with E-state index in [1.54, 1.807) is 0 Å². The molecule has 0 fully saturated rings. The van der Waals surface area contributed by atoms with Crippen molar-refractivity contribution in [3.8, 4) is 44.5 Å². The fourth-order valence-electron chi connectivity index (χ4n) is 11.0. The molecule has 0 amide bonds. The number of hydrogen-bond donors (Lipinski definition) is 0. The summed E-state index contributed by atoms with van der Waals surface area (Å²) in [6.45, 7) is 0. The zero-order valence-electron chi connectivity index (χ0n) is 31.1. The van der Waals surface area contributed by atoms with E-state index in [4.69, 9.17) is 0 Å². The van der Waals surface area contributed by atoms with Gasteiger partial charge in [-0.1, -0.05) is 188 Å². The van der Waals surface area contributed by atoms with Gasteiger partial charge in [0.25, 0.3) is 0 Å². The molecular formula is C57H34. The van der Waals surface area contributed by atoms with Crippen molar-refractivity contribution in [1.82, 2.24) is 0 Å². The standard InChI is InChI=1S/C57H34/c1-2-16-35(17-3-1)36-30-31-44-43-24-12-14-28-50(43)57(52(44)33-36)51-29-15-13-27-47(51)54-45-25-10-9-23-42(45)49-34-48(41-22-8-11-26-46(41)55(49)56(54)57)53-39-20-6-4-18-37(39)32-38-19-5-7-21-40(38)53/h1-34H. The van der Waals surface area contributed by atoms with Gasteiger partial charge in [-0.2, -0.15) is 0 Å². The van der Waals surface area contributed by atoms with Crippen LogP contribution in [0.1, 0.15) is 22.3 Å². The van der Waals surface area contributed by atoms with Gasteiger partial charge in [-0.15, -0.1) is 0 Å². The molecule has 0 aliphatic heterocycles. The quantitative estimate of drug-likeness (QED) is 0.123. The van der Waals surface area contributed by atoms with E-state index in [-0.39, 0.29) is 0 Å². The average Bonchev–Trinajstić information content (AvgIpc) is 3.75. The van der Waals surface area contributed by atoms with E-state index in [2.05, 4.69) is 206 Å².